The van der Waals surface area contributed by atoms with E-state index in [4.69, 9.17) is 4.74 Å². The molecule has 0 saturated heterocycles. The summed E-state index contributed by atoms with van der Waals surface area (Å²) in [6.45, 7) is 46.7. The Hall–Kier alpha value is -2.89. The average molecular weight is 1020 g/mol. The lowest BCUT2D eigenvalue weighted by molar-refractivity contribution is -0.160. The van der Waals surface area contributed by atoms with Gasteiger partial charge in [0.15, 0.2) is 0 Å². The van der Waals surface area contributed by atoms with Gasteiger partial charge in [0, 0.05) is 29.6 Å². The second kappa shape index (κ2) is 19.5. The molecule has 0 aromatic carbocycles. The highest BCUT2D eigenvalue weighted by Crippen LogP contribution is 2.63. The molecule has 7 N–H and O–H groups in total. The normalized spacial score (nSPS) is 31.3. The van der Waals surface area contributed by atoms with E-state index >= 15 is 4.79 Å². The highest BCUT2D eigenvalue weighted by Gasteiger charge is 2.62. The van der Waals surface area contributed by atoms with Crippen LogP contribution in [0, 0.1) is 83.7 Å². The summed E-state index contributed by atoms with van der Waals surface area (Å²) in [4.78, 5) is 17.0. The molecule has 9 nitrogen and oxygen atoms in total. The second-order valence-corrected chi connectivity index (χ2v) is 31.4. The molecule has 8 atom stereocenters. The predicted molar refractivity (Wildman–Crippen MR) is 299 cm³/mol. The van der Waals surface area contributed by atoms with Gasteiger partial charge >= 0.3 is 5.97 Å². The molecular formula is C64H104O9. The van der Waals surface area contributed by atoms with E-state index in [-0.39, 0.29) is 0 Å². The average Bonchev–Trinajstić information content (AvgIpc) is 3.21. The third-order valence-electron chi connectivity index (χ3n) is 17.8. The van der Waals surface area contributed by atoms with E-state index in [0.717, 1.165) is 0 Å². The highest BCUT2D eigenvalue weighted by molar-refractivity contribution is 5.89. The molecule has 0 spiro atoms. The van der Waals surface area contributed by atoms with Gasteiger partial charge in [-0.15, -0.1) is 0 Å². The van der Waals surface area contributed by atoms with Crippen molar-refractivity contribution in [2.24, 2.45) is 83.7 Å². The van der Waals surface area contributed by atoms with Gasteiger partial charge in [-0.3, -0.25) is 4.79 Å². The number of esters is 1. The van der Waals surface area contributed by atoms with Gasteiger partial charge in [-0.2, -0.15) is 0 Å². The summed E-state index contributed by atoms with van der Waals surface area (Å²) in [5.41, 5.74) is -11.5. The number of hydrogen-bond donors (Lipinski definition) is 7. The van der Waals surface area contributed by atoms with Crippen LogP contribution in [0.25, 0.3) is 0 Å². The first-order valence-electron chi connectivity index (χ1n) is 27.0. The fraction of sp³-hybridized carbons (Fsp3) is 0.734. The van der Waals surface area contributed by atoms with Crippen LogP contribution < -0.4 is 0 Å². The molecule has 0 saturated carbocycles. The van der Waals surface area contributed by atoms with Crippen LogP contribution in [0.3, 0.4) is 0 Å². The van der Waals surface area contributed by atoms with Gasteiger partial charge < -0.3 is 40.5 Å². The van der Waals surface area contributed by atoms with Crippen molar-refractivity contribution in [3.05, 3.63) is 95.2 Å². The molecular weight excluding hydrogens is 913 g/mol. The molecule has 0 aromatic heterocycles. The van der Waals surface area contributed by atoms with Gasteiger partial charge in [-0.1, -0.05) is 239 Å². The lowest BCUT2D eigenvalue weighted by atomic mass is 9.50. The third kappa shape index (κ3) is 11.0. The minimum Gasteiger partial charge on any atom is -0.464 e. The van der Waals surface area contributed by atoms with Crippen molar-refractivity contribution in [2.75, 3.05) is 26.4 Å². The van der Waals surface area contributed by atoms with Gasteiger partial charge in [0.25, 0.3) is 0 Å². The Bertz CT molecular complexity index is 2140. The molecule has 4 aliphatic carbocycles. The fourth-order valence-electron chi connectivity index (χ4n) is 12.4. The third-order valence-corrected chi connectivity index (χ3v) is 17.8. The largest absolute Gasteiger partial charge is 0.464 e. The van der Waals surface area contributed by atoms with Crippen molar-refractivity contribution in [1.29, 1.82) is 0 Å². The van der Waals surface area contributed by atoms with Crippen molar-refractivity contribution >= 4 is 5.97 Å². The van der Waals surface area contributed by atoms with Crippen LogP contribution in [-0.4, -0.2) is 90.5 Å². The molecule has 0 aromatic rings. The van der Waals surface area contributed by atoms with E-state index in [1.54, 1.807) is 0 Å². The minimum absolute atomic E-state index is 0.506. The first-order valence-corrected chi connectivity index (χ1v) is 27.0. The Morgan fingerprint density at radius 3 is 0.918 bits per heavy atom. The van der Waals surface area contributed by atoms with E-state index in [1.807, 2.05) is 144 Å². The van der Waals surface area contributed by atoms with Crippen LogP contribution in [-0.2, 0) is 9.53 Å². The maximum atomic E-state index is 17.0. The summed E-state index contributed by atoms with van der Waals surface area (Å²) in [7, 11) is 0. The summed E-state index contributed by atoms with van der Waals surface area (Å²) in [5, 5.41) is 84.6. The quantitative estimate of drug-likeness (QED) is 0.0997. The van der Waals surface area contributed by atoms with E-state index < -0.39 is 139 Å². The monoisotopic (exact) mass is 1020 g/mol. The van der Waals surface area contributed by atoms with Gasteiger partial charge in [0.2, 0.25) is 0 Å². The first-order chi connectivity index (χ1) is 32.5. The van der Waals surface area contributed by atoms with Gasteiger partial charge in [-0.05, 0) is 65.6 Å². The number of rotatable bonds is 11. The molecule has 9 heteroatoms. The summed E-state index contributed by atoms with van der Waals surface area (Å²) in [6, 6.07) is 0. The standard InChI is InChI=1S/C64H104O9/c1-51(2,3)45-33-41(25-29-60(45,69)55(13,14)15)49(42-26-30-61(70,56(16,17)18)46(34-42)52(4,5)6)64(50(68)73-40-59(37-65,38-66)39-67,43-27-31-62(71,57(19,20)21)47(35-43)53(7,8)9)44-28-32-63(72,58(22,23)24)48(36-44)54(10,11)12/h25-36,45-49,65-67,69-72H,37-40H2,1-24H3. The number of carbonyl (C=O) groups is 1. The maximum Gasteiger partial charge on any atom is 0.322 e. The van der Waals surface area contributed by atoms with Crippen molar-refractivity contribution in [3.63, 3.8) is 0 Å². The van der Waals surface area contributed by atoms with E-state index in [1.165, 1.54) is 0 Å². The van der Waals surface area contributed by atoms with Crippen molar-refractivity contribution in [3.8, 4) is 0 Å². The van der Waals surface area contributed by atoms with Gasteiger partial charge in [-0.25, -0.2) is 0 Å². The molecule has 414 valence electrons. The zero-order valence-corrected chi connectivity index (χ0v) is 50.1. The molecule has 0 radical (unpaired) electrons. The van der Waals surface area contributed by atoms with Crippen LogP contribution in [0.15, 0.2) is 95.2 Å². The van der Waals surface area contributed by atoms with Crippen LogP contribution in [0.4, 0.5) is 0 Å². The first kappa shape index (κ1) is 62.6. The zero-order valence-electron chi connectivity index (χ0n) is 50.1. The molecule has 0 aliphatic heterocycles. The van der Waals surface area contributed by atoms with Crippen LogP contribution in [0.1, 0.15) is 166 Å². The van der Waals surface area contributed by atoms with Gasteiger partial charge in [0.1, 0.15) is 12.0 Å². The Balaban J connectivity index is 2.53. The second-order valence-electron chi connectivity index (χ2n) is 31.4. The maximum absolute atomic E-state index is 17.0. The molecule has 0 amide bonds. The summed E-state index contributed by atoms with van der Waals surface area (Å²) < 4.78 is 6.68. The zero-order chi connectivity index (χ0) is 56.8. The van der Waals surface area contributed by atoms with E-state index in [9.17, 15) is 35.7 Å². The Kier molecular flexibility index (Phi) is 16.8. The van der Waals surface area contributed by atoms with Gasteiger partial charge in [0.05, 0.1) is 47.6 Å². The summed E-state index contributed by atoms with van der Waals surface area (Å²) in [6.07, 6.45) is 23.4. The SMILES string of the molecule is CC(C)(C)C1C=C(C(C2=CC(C(C)(C)C)C(O)(C(C)(C)C)C=C2)C(C(=O)OCC(CO)(CO)CO)(C2=CC(C(C)(C)C)C(O)(C(C)(C)C)C=C2)C2=CC(C(C)(C)C)C(O)(C(C)(C)C)C=C2)C=CC1(O)C(C)(C)C. The molecule has 0 heterocycles. The molecule has 73 heavy (non-hydrogen) atoms. The lowest BCUT2D eigenvalue weighted by Crippen LogP contribution is -2.57. The van der Waals surface area contributed by atoms with Crippen molar-refractivity contribution in [1.82, 2.24) is 0 Å². The smallest absolute Gasteiger partial charge is 0.322 e. The molecule has 8 unspecified atom stereocenters. The number of ether oxygens (including phenoxy) is 1. The Morgan fingerprint density at radius 2 is 0.685 bits per heavy atom. The number of allylic oxidation sites excluding steroid dienone is 6. The Morgan fingerprint density at radius 1 is 0.438 bits per heavy atom. The van der Waals surface area contributed by atoms with E-state index in [0.29, 0.717) is 22.3 Å². The number of aliphatic hydroxyl groups excluding tert-OH is 3. The lowest BCUT2D eigenvalue weighted by Gasteiger charge is -2.55. The van der Waals surface area contributed by atoms with Crippen molar-refractivity contribution in [2.45, 2.75) is 189 Å². The predicted octanol–water partition coefficient (Wildman–Crippen LogP) is 11.8. The number of hydrogen-bond acceptors (Lipinski definition) is 9. The molecule has 4 aliphatic rings. The topological polar surface area (TPSA) is 168 Å². The number of aliphatic hydroxyl groups is 7. The minimum atomic E-state index is -1.92. The molecule has 0 bridgehead atoms. The molecule has 4 rings (SSSR count). The highest BCUT2D eigenvalue weighted by atomic mass is 16.5. The Labute approximate surface area is 443 Å². The van der Waals surface area contributed by atoms with Crippen LogP contribution in [0.5, 0.6) is 0 Å². The number of carbonyl (C=O) groups excluding carboxylic acids is 1. The molecule has 0 fully saturated rings. The summed E-state index contributed by atoms with van der Waals surface area (Å²) in [5.74, 6) is -3.95. The van der Waals surface area contributed by atoms with Crippen molar-refractivity contribution < 1.29 is 45.3 Å². The summed E-state index contributed by atoms with van der Waals surface area (Å²) >= 11 is 0. The van der Waals surface area contributed by atoms with Crippen LogP contribution in [0.2, 0.25) is 0 Å². The van der Waals surface area contributed by atoms with E-state index in [2.05, 4.69) is 95.2 Å². The fourth-order valence-corrected chi connectivity index (χ4v) is 12.4. The van der Waals surface area contributed by atoms with Crippen LogP contribution >= 0.6 is 0 Å².